The number of imide groups is 1. The van der Waals surface area contributed by atoms with E-state index in [4.69, 9.17) is 15.2 Å². The molecule has 0 bridgehead atoms. The van der Waals surface area contributed by atoms with Crippen molar-refractivity contribution >= 4 is 17.8 Å². The van der Waals surface area contributed by atoms with Crippen LogP contribution in [0.4, 0.5) is 15.3 Å². The molecule has 1 rings (SSSR count). The highest BCUT2D eigenvalue weighted by Crippen LogP contribution is 2.16. The maximum atomic E-state index is 12.1. The average Bonchev–Trinajstić information content (AvgIpc) is 2.47. The average molecular weight is 295 g/mol. The highest BCUT2D eigenvalue weighted by Gasteiger charge is 2.21. The van der Waals surface area contributed by atoms with Crippen LogP contribution in [0.2, 0.25) is 0 Å². The van der Waals surface area contributed by atoms with Crippen molar-refractivity contribution in [2.24, 2.45) is 5.73 Å². The van der Waals surface area contributed by atoms with Crippen LogP contribution in [0.1, 0.15) is 13.8 Å². The fourth-order valence-corrected chi connectivity index (χ4v) is 1.60. The first-order valence-corrected chi connectivity index (χ1v) is 6.80. The van der Waals surface area contributed by atoms with E-state index in [1.54, 1.807) is 31.2 Å². The number of hydrogen-bond donors (Lipinski definition) is 2. The quantitative estimate of drug-likeness (QED) is 0.837. The molecule has 7 nitrogen and oxygen atoms in total. The largest absolute Gasteiger partial charge is 0.494 e. The molecule has 1 aromatic carbocycles. The van der Waals surface area contributed by atoms with E-state index in [-0.39, 0.29) is 19.7 Å². The summed E-state index contributed by atoms with van der Waals surface area (Å²) in [5, 5.41) is 2.61. The smallest absolute Gasteiger partial charge is 0.418 e. The first-order chi connectivity index (χ1) is 10.1. The van der Waals surface area contributed by atoms with Crippen molar-refractivity contribution < 1.29 is 19.1 Å². The molecule has 0 heterocycles. The van der Waals surface area contributed by atoms with Gasteiger partial charge in [-0.05, 0) is 38.1 Å². The number of amides is 3. The molecule has 0 atom stereocenters. The number of hydrogen-bond acceptors (Lipinski definition) is 5. The molecule has 21 heavy (non-hydrogen) atoms. The molecule has 1 aromatic rings. The van der Waals surface area contributed by atoms with Crippen molar-refractivity contribution in [3.8, 4) is 5.75 Å². The topological polar surface area (TPSA) is 93.9 Å². The van der Waals surface area contributed by atoms with Crippen molar-refractivity contribution in [1.29, 1.82) is 0 Å². The second-order valence-corrected chi connectivity index (χ2v) is 4.03. The molecule has 0 unspecified atom stereocenters. The fraction of sp³-hybridized carbons (Fsp3) is 0.429. The molecule has 0 aliphatic heterocycles. The third-order valence-corrected chi connectivity index (χ3v) is 2.50. The Kier molecular flexibility index (Phi) is 7.03. The zero-order valence-electron chi connectivity index (χ0n) is 12.3. The summed E-state index contributed by atoms with van der Waals surface area (Å²) in [6.07, 6.45) is -0.716. The van der Waals surface area contributed by atoms with Gasteiger partial charge < -0.3 is 20.5 Å². The zero-order chi connectivity index (χ0) is 15.7. The van der Waals surface area contributed by atoms with Gasteiger partial charge in [0.2, 0.25) is 0 Å². The number of ether oxygens (including phenoxy) is 2. The third-order valence-electron chi connectivity index (χ3n) is 2.50. The lowest BCUT2D eigenvalue weighted by Gasteiger charge is -2.19. The SMILES string of the molecule is CCOC(=O)N(CCN)C(=O)Nc1ccc(OCC)cc1. The van der Waals surface area contributed by atoms with Crippen molar-refractivity contribution in [3.63, 3.8) is 0 Å². The summed E-state index contributed by atoms with van der Waals surface area (Å²) in [5.41, 5.74) is 5.95. The van der Waals surface area contributed by atoms with Crippen molar-refractivity contribution in [2.45, 2.75) is 13.8 Å². The van der Waals surface area contributed by atoms with Crippen LogP contribution in [0, 0.1) is 0 Å². The van der Waals surface area contributed by atoms with Crippen LogP contribution in [0.5, 0.6) is 5.75 Å². The van der Waals surface area contributed by atoms with E-state index < -0.39 is 12.1 Å². The molecule has 116 valence electrons. The summed E-state index contributed by atoms with van der Waals surface area (Å²) in [5.74, 6) is 0.708. The number of carbonyl (C=O) groups excluding carboxylic acids is 2. The van der Waals surface area contributed by atoms with Gasteiger partial charge in [0.25, 0.3) is 0 Å². The number of carbonyl (C=O) groups is 2. The molecule has 0 radical (unpaired) electrons. The first kappa shape index (κ1) is 16.8. The molecule has 0 aliphatic carbocycles. The number of nitrogens with zero attached hydrogens (tertiary/aromatic N) is 1. The lowest BCUT2D eigenvalue weighted by Crippen LogP contribution is -2.43. The summed E-state index contributed by atoms with van der Waals surface area (Å²) in [6, 6.07) is 6.26. The van der Waals surface area contributed by atoms with Gasteiger partial charge in [-0.2, -0.15) is 0 Å². The first-order valence-electron chi connectivity index (χ1n) is 6.80. The Morgan fingerprint density at radius 1 is 1.19 bits per heavy atom. The van der Waals surface area contributed by atoms with Crippen LogP contribution in [0.3, 0.4) is 0 Å². The molecule has 7 heteroatoms. The van der Waals surface area contributed by atoms with E-state index in [0.717, 1.165) is 4.90 Å². The molecule has 0 spiro atoms. The maximum Gasteiger partial charge on any atom is 0.418 e. The molecule has 3 N–H and O–H groups in total. The van der Waals surface area contributed by atoms with Crippen molar-refractivity contribution in [1.82, 2.24) is 4.90 Å². The van der Waals surface area contributed by atoms with Gasteiger partial charge in [0.05, 0.1) is 13.2 Å². The van der Waals surface area contributed by atoms with Crippen LogP contribution in [0.15, 0.2) is 24.3 Å². The van der Waals surface area contributed by atoms with E-state index in [1.165, 1.54) is 0 Å². The minimum atomic E-state index is -0.716. The Hall–Kier alpha value is -2.28. The van der Waals surface area contributed by atoms with Gasteiger partial charge in [0, 0.05) is 18.8 Å². The standard InChI is InChI=1S/C14H21N3O4/c1-3-20-12-7-5-11(6-8-12)16-13(18)17(10-9-15)14(19)21-4-2/h5-8H,3-4,9-10,15H2,1-2H3,(H,16,18). The summed E-state index contributed by atoms with van der Waals surface area (Å²) in [6.45, 7) is 4.56. The lowest BCUT2D eigenvalue weighted by molar-refractivity contribution is 0.118. The van der Waals surface area contributed by atoms with E-state index in [9.17, 15) is 9.59 Å². The van der Waals surface area contributed by atoms with E-state index in [1.807, 2.05) is 6.92 Å². The number of urea groups is 1. The predicted octanol–water partition coefficient (Wildman–Crippen LogP) is 2.03. The van der Waals surface area contributed by atoms with Gasteiger partial charge in [0.15, 0.2) is 0 Å². The zero-order valence-corrected chi connectivity index (χ0v) is 12.3. The second kappa shape index (κ2) is 8.80. The van der Waals surface area contributed by atoms with Gasteiger partial charge in [-0.15, -0.1) is 0 Å². The highest BCUT2D eigenvalue weighted by molar-refractivity contribution is 5.99. The highest BCUT2D eigenvalue weighted by atomic mass is 16.6. The monoisotopic (exact) mass is 295 g/mol. The van der Waals surface area contributed by atoms with Crippen LogP contribution in [-0.2, 0) is 4.74 Å². The van der Waals surface area contributed by atoms with Gasteiger partial charge in [-0.25, -0.2) is 14.5 Å². The number of nitrogens with one attached hydrogen (secondary N) is 1. The molecule has 0 saturated carbocycles. The minimum Gasteiger partial charge on any atom is -0.494 e. The van der Waals surface area contributed by atoms with Gasteiger partial charge in [0.1, 0.15) is 5.75 Å². The van der Waals surface area contributed by atoms with Crippen LogP contribution in [0.25, 0.3) is 0 Å². The number of rotatable bonds is 6. The van der Waals surface area contributed by atoms with Crippen LogP contribution < -0.4 is 15.8 Å². The molecular formula is C14H21N3O4. The Labute approximate surface area is 124 Å². The summed E-state index contributed by atoms with van der Waals surface area (Å²) < 4.78 is 10.1. The van der Waals surface area contributed by atoms with E-state index in [0.29, 0.717) is 18.0 Å². The minimum absolute atomic E-state index is 0.0850. The van der Waals surface area contributed by atoms with Gasteiger partial charge in [-0.3, -0.25) is 0 Å². The number of nitrogens with two attached hydrogens (primary N) is 1. The summed E-state index contributed by atoms with van der Waals surface area (Å²) in [7, 11) is 0. The summed E-state index contributed by atoms with van der Waals surface area (Å²) >= 11 is 0. The van der Waals surface area contributed by atoms with E-state index >= 15 is 0 Å². The molecule has 0 aliphatic rings. The fourth-order valence-electron chi connectivity index (χ4n) is 1.60. The Balaban J connectivity index is 2.69. The van der Waals surface area contributed by atoms with Crippen molar-refractivity contribution in [3.05, 3.63) is 24.3 Å². The molecule has 0 aromatic heterocycles. The molecular weight excluding hydrogens is 274 g/mol. The Bertz CT molecular complexity index is 462. The number of benzene rings is 1. The molecule has 0 fully saturated rings. The third kappa shape index (κ3) is 5.31. The predicted molar refractivity (Wildman–Crippen MR) is 79.4 cm³/mol. The Morgan fingerprint density at radius 2 is 1.86 bits per heavy atom. The van der Waals surface area contributed by atoms with Crippen molar-refractivity contribution in [2.75, 3.05) is 31.6 Å². The molecule has 3 amide bonds. The van der Waals surface area contributed by atoms with E-state index in [2.05, 4.69) is 5.32 Å². The Morgan fingerprint density at radius 3 is 2.38 bits per heavy atom. The van der Waals surface area contributed by atoms with Gasteiger partial charge in [-0.1, -0.05) is 0 Å². The summed E-state index contributed by atoms with van der Waals surface area (Å²) in [4.78, 5) is 24.7. The van der Waals surface area contributed by atoms with Crippen LogP contribution >= 0.6 is 0 Å². The second-order valence-electron chi connectivity index (χ2n) is 4.03. The maximum absolute atomic E-state index is 12.1. The van der Waals surface area contributed by atoms with Gasteiger partial charge >= 0.3 is 12.1 Å². The lowest BCUT2D eigenvalue weighted by atomic mass is 10.3. The number of anilines is 1. The molecule has 0 saturated heterocycles. The normalized spacial score (nSPS) is 9.86. The van der Waals surface area contributed by atoms with Crippen LogP contribution in [-0.4, -0.2) is 43.3 Å².